The first-order chi connectivity index (χ1) is 19.0. The van der Waals surface area contributed by atoms with Crippen LogP contribution < -0.4 is 16.4 Å². The molecule has 5 rings (SSSR count). The number of aliphatic hydroxyl groups is 2. The molecule has 0 saturated carbocycles. The molecule has 4 atom stereocenters. The maximum atomic E-state index is 12.1. The zero-order valence-electron chi connectivity index (χ0n) is 21.6. The van der Waals surface area contributed by atoms with Crippen molar-refractivity contribution in [3.63, 3.8) is 0 Å². The molecule has 6 N–H and O–H groups in total. The number of nitrogens with zero attached hydrogens (tertiary/aromatic N) is 4. The van der Waals surface area contributed by atoms with Gasteiger partial charge in [0.1, 0.15) is 18.0 Å². The fraction of sp³-hybridized carbons (Fsp3) is 0.357. The molecule has 1 aliphatic heterocycles. The Morgan fingerprint density at radius 3 is 2.33 bits per heavy atom. The molecule has 4 aromatic rings. The summed E-state index contributed by atoms with van der Waals surface area (Å²) < 4.78 is 7.49. The van der Waals surface area contributed by atoms with Crippen molar-refractivity contribution >= 4 is 22.9 Å². The lowest BCUT2D eigenvalue weighted by Crippen LogP contribution is -2.35. The molecule has 0 unspecified atom stereocenters. The van der Waals surface area contributed by atoms with Crippen molar-refractivity contribution in [2.75, 3.05) is 18.4 Å². The summed E-state index contributed by atoms with van der Waals surface area (Å²) >= 11 is 0. The smallest absolute Gasteiger partial charge is 0.222 e. The molecule has 11 nitrogen and oxygen atoms in total. The molecule has 0 radical (unpaired) electrons. The molecule has 1 aliphatic rings. The van der Waals surface area contributed by atoms with Gasteiger partial charge in [0, 0.05) is 19.0 Å². The topological polar surface area (TPSA) is 160 Å². The fourth-order valence-electron chi connectivity index (χ4n) is 4.94. The van der Waals surface area contributed by atoms with Gasteiger partial charge in [-0.2, -0.15) is 0 Å². The van der Waals surface area contributed by atoms with Gasteiger partial charge in [-0.25, -0.2) is 15.0 Å². The van der Waals surface area contributed by atoms with Crippen LogP contribution in [0.25, 0.3) is 11.2 Å². The van der Waals surface area contributed by atoms with Gasteiger partial charge in [0.25, 0.3) is 0 Å². The number of imidazole rings is 1. The Balaban J connectivity index is 1.44. The number of benzene rings is 2. The number of anilines is 1. The first kappa shape index (κ1) is 26.7. The Kier molecular flexibility index (Phi) is 8.13. The van der Waals surface area contributed by atoms with Crippen molar-refractivity contribution in [1.29, 1.82) is 0 Å². The van der Waals surface area contributed by atoms with E-state index in [1.165, 1.54) is 6.33 Å². The molecule has 204 valence electrons. The Hall–Kier alpha value is -3.90. The summed E-state index contributed by atoms with van der Waals surface area (Å²) in [6.07, 6.45) is -2.98. The summed E-state index contributed by atoms with van der Waals surface area (Å²) in [6, 6.07) is 20.4. The number of hydrogen-bond donors (Lipinski definition) is 5. The van der Waals surface area contributed by atoms with Gasteiger partial charge in [0.2, 0.25) is 5.91 Å². The van der Waals surface area contributed by atoms with E-state index in [9.17, 15) is 15.0 Å². The number of fused-ring (bicyclic) bond motifs is 1. The first-order valence-electron chi connectivity index (χ1n) is 13.1. The average molecular weight is 532 g/mol. The van der Waals surface area contributed by atoms with Gasteiger partial charge in [0.05, 0.1) is 25.4 Å². The van der Waals surface area contributed by atoms with Crippen molar-refractivity contribution in [2.45, 2.75) is 50.3 Å². The highest BCUT2D eigenvalue weighted by Crippen LogP contribution is 2.34. The van der Waals surface area contributed by atoms with Crippen molar-refractivity contribution in [3.8, 4) is 0 Å². The molecule has 1 fully saturated rings. The quantitative estimate of drug-likeness (QED) is 0.205. The lowest BCUT2D eigenvalue weighted by molar-refractivity contribution is -0.125. The van der Waals surface area contributed by atoms with E-state index in [2.05, 4.69) is 49.9 Å². The third-order valence-corrected chi connectivity index (χ3v) is 6.90. The molecular formula is C28H33N7O4. The second-order valence-electron chi connectivity index (χ2n) is 9.48. The molecule has 0 bridgehead atoms. The van der Waals surface area contributed by atoms with Gasteiger partial charge in [-0.05, 0) is 18.1 Å². The van der Waals surface area contributed by atoms with E-state index >= 15 is 0 Å². The van der Waals surface area contributed by atoms with E-state index in [0.717, 1.165) is 11.1 Å². The second kappa shape index (κ2) is 11.9. The summed E-state index contributed by atoms with van der Waals surface area (Å²) in [4.78, 5) is 25.7. The number of hydrogen-bond acceptors (Lipinski definition) is 9. The van der Waals surface area contributed by atoms with E-state index in [1.54, 1.807) is 11.5 Å². The molecule has 2 aromatic carbocycles. The van der Waals surface area contributed by atoms with Gasteiger partial charge in [-0.15, -0.1) is 0 Å². The normalized spacial score (nSPS) is 20.9. The number of carbonyl (C=O) groups is 1. The van der Waals surface area contributed by atoms with Crippen LogP contribution in [0.3, 0.4) is 0 Å². The van der Waals surface area contributed by atoms with E-state index in [1.807, 2.05) is 36.4 Å². The first-order valence-corrected chi connectivity index (χ1v) is 13.1. The third kappa shape index (κ3) is 5.62. The van der Waals surface area contributed by atoms with E-state index in [0.29, 0.717) is 35.9 Å². The van der Waals surface area contributed by atoms with Crippen LogP contribution in [0.5, 0.6) is 0 Å². The maximum Gasteiger partial charge on any atom is 0.222 e. The Morgan fingerprint density at radius 2 is 1.72 bits per heavy atom. The van der Waals surface area contributed by atoms with Crippen LogP contribution in [0.1, 0.15) is 42.4 Å². The van der Waals surface area contributed by atoms with Crippen LogP contribution >= 0.6 is 0 Å². The molecular weight excluding hydrogens is 498 g/mol. The van der Waals surface area contributed by atoms with Crippen LogP contribution in [0.2, 0.25) is 0 Å². The minimum Gasteiger partial charge on any atom is -0.388 e. The van der Waals surface area contributed by atoms with E-state index in [-0.39, 0.29) is 24.8 Å². The summed E-state index contributed by atoms with van der Waals surface area (Å²) in [5.74, 6) is 0.666. The van der Waals surface area contributed by atoms with Crippen LogP contribution in [-0.2, 0) is 16.1 Å². The van der Waals surface area contributed by atoms with Crippen LogP contribution in [-0.4, -0.2) is 67.0 Å². The maximum absolute atomic E-state index is 12.1. The number of ether oxygens (including phenoxy) is 1. The fourth-order valence-corrected chi connectivity index (χ4v) is 4.94. The highest BCUT2D eigenvalue weighted by atomic mass is 16.6. The Labute approximate surface area is 226 Å². The number of nitrogens with two attached hydrogens (primary N) is 1. The lowest BCUT2D eigenvalue weighted by Gasteiger charge is -2.20. The summed E-state index contributed by atoms with van der Waals surface area (Å²) in [5.41, 5.74) is 9.11. The van der Waals surface area contributed by atoms with Crippen molar-refractivity contribution in [2.24, 2.45) is 5.73 Å². The number of aromatic nitrogens is 4. The summed E-state index contributed by atoms with van der Waals surface area (Å²) in [5, 5.41) is 27.5. The average Bonchev–Trinajstić information content (AvgIpc) is 3.50. The number of amides is 1. The molecule has 0 spiro atoms. The van der Waals surface area contributed by atoms with Crippen LogP contribution in [0.4, 0.5) is 5.82 Å². The van der Waals surface area contributed by atoms with Gasteiger partial charge in [-0.3, -0.25) is 9.36 Å². The highest BCUT2D eigenvalue weighted by molar-refractivity contribution is 5.83. The van der Waals surface area contributed by atoms with E-state index in [4.69, 9.17) is 10.5 Å². The van der Waals surface area contributed by atoms with E-state index < -0.39 is 24.5 Å². The molecule has 11 heteroatoms. The van der Waals surface area contributed by atoms with Crippen LogP contribution in [0, 0.1) is 0 Å². The number of nitrogens with one attached hydrogen (secondary N) is 2. The third-order valence-electron chi connectivity index (χ3n) is 6.90. The minimum absolute atomic E-state index is 0.0472. The molecule has 2 aromatic heterocycles. The standard InChI is InChI=1S/C28H33N7O4/c1-2-30-22(36)13-20-24(37)25(38)28(39-20)35-16-32-23-26(33-21(14-29)34-27(23)35)31-15-19(17-9-5-3-6-10-17)18-11-7-4-8-12-18/h3-12,16,19-20,24-25,28,37-38H,2,13-15,29H2,1H3,(H,30,36)(H,31,33,34)/t20-,24+,25+,28+/m0/s1. The predicted octanol–water partition coefficient (Wildman–Crippen LogP) is 1.67. The van der Waals surface area contributed by atoms with Crippen molar-refractivity contribution in [1.82, 2.24) is 24.8 Å². The highest BCUT2D eigenvalue weighted by Gasteiger charge is 2.45. The Bertz CT molecular complexity index is 1360. The van der Waals surface area contributed by atoms with Crippen molar-refractivity contribution in [3.05, 3.63) is 83.9 Å². The summed E-state index contributed by atoms with van der Waals surface area (Å²) in [6.45, 7) is 2.89. The number of aliphatic hydroxyl groups excluding tert-OH is 2. The van der Waals surface area contributed by atoms with Gasteiger partial charge < -0.3 is 31.3 Å². The molecule has 0 aliphatic carbocycles. The zero-order chi connectivity index (χ0) is 27.4. The largest absolute Gasteiger partial charge is 0.388 e. The summed E-state index contributed by atoms with van der Waals surface area (Å²) in [7, 11) is 0. The van der Waals surface area contributed by atoms with Gasteiger partial charge in [0.15, 0.2) is 23.2 Å². The Morgan fingerprint density at radius 1 is 1.05 bits per heavy atom. The van der Waals surface area contributed by atoms with Gasteiger partial charge in [-0.1, -0.05) is 60.7 Å². The second-order valence-corrected chi connectivity index (χ2v) is 9.48. The zero-order valence-corrected chi connectivity index (χ0v) is 21.6. The molecule has 1 amide bonds. The number of rotatable bonds is 10. The molecule has 3 heterocycles. The number of carbonyl (C=O) groups excluding carboxylic acids is 1. The minimum atomic E-state index is -1.28. The molecule has 39 heavy (non-hydrogen) atoms. The van der Waals surface area contributed by atoms with Gasteiger partial charge >= 0.3 is 0 Å². The SMILES string of the molecule is CCNC(=O)C[C@@H]1O[C@@H](n2cnc3c(NCC(c4ccccc4)c4ccccc4)nc(CN)nc32)[C@H](O)[C@@H]1O. The molecule has 1 saturated heterocycles. The van der Waals surface area contributed by atoms with Crippen molar-refractivity contribution < 1.29 is 19.7 Å². The lowest BCUT2D eigenvalue weighted by atomic mass is 9.91. The monoisotopic (exact) mass is 531 g/mol. The van der Waals surface area contributed by atoms with Crippen LogP contribution in [0.15, 0.2) is 67.0 Å². The predicted molar refractivity (Wildman–Crippen MR) is 146 cm³/mol.